The molecule has 0 spiro atoms. The Kier molecular flexibility index (Phi) is 5.00. The van der Waals surface area contributed by atoms with Crippen molar-refractivity contribution >= 4 is 58.2 Å². The van der Waals surface area contributed by atoms with Gasteiger partial charge < -0.3 is 0 Å². The molecule has 0 aromatic heterocycles. The molecule has 0 N–H and O–H groups in total. The van der Waals surface area contributed by atoms with Crippen LogP contribution in [0.5, 0.6) is 0 Å². The van der Waals surface area contributed by atoms with E-state index < -0.39 is 35.0 Å². The van der Waals surface area contributed by atoms with E-state index >= 15 is 0 Å². The fourth-order valence-corrected chi connectivity index (χ4v) is 7.59. The Morgan fingerprint density at radius 3 is 1.58 bits per heavy atom. The molecule has 4 amide bonds. The van der Waals surface area contributed by atoms with Gasteiger partial charge in [-0.15, -0.1) is 0 Å². The van der Waals surface area contributed by atoms with Crippen LogP contribution in [0.15, 0.2) is 91.0 Å². The molecule has 6 atom stereocenters. The normalized spacial score (nSPS) is 31.3. The lowest BCUT2D eigenvalue weighted by Crippen LogP contribution is -2.60. The van der Waals surface area contributed by atoms with Crippen molar-refractivity contribution in [1.29, 1.82) is 0 Å². The van der Waals surface area contributed by atoms with E-state index in [9.17, 15) is 19.2 Å². The number of carbonyl (C=O) groups excluding carboxylic acids is 4. The highest BCUT2D eigenvalue weighted by atomic mass is 35.5. The number of imide groups is 2. The Hall–Kier alpha value is -3.74. The quantitative estimate of drug-likeness (QED) is 0.343. The minimum Gasteiger partial charge on any atom is -0.274 e. The number of benzene rings is 3. The van der Waals surface area contributed by atoms with E-state index in [4.69, 9.17) is 23.2 Å². The van der Waals surface area contributed by atoms with Crippen LogP contribution in [0.1, 0.15) is 5.56 Å². The fraction of sp³-hybridized carbons (Fsp3) is 0.200. The molecule has 0 radical (unpaired) electrons. The van der Waals surface area contributed by atoms with Crippen molar-refractivity contribution in [3.8, 4) is 0 Å². The number of anilines is 2. The van der Waals surface area contributed by atoms with Gasteiger partial charge in [-0.1, -0.05) is 77.8 Å². The number of hydrogen-bond donors (Lipinski definition) is 0. The van der Waals surface area contributed by atoms with Gasteiger partial charge in [0.15, 0.2) is 0 Å². The van der Waals surface area contributed by atoms with Crippen LogP contribution in [0.4, 0.5) is 11.4 Å². The van der Waals surface area contributed by atoms with Crippen LogP contribution in [-0.2, 0) is 24.6 Å². The van der Waals surface area contributed by atoms with Crippen molar-refractivity contribution in [2.45, 2.75) is 5.41 Å². The maximum atomic E-state index is 14.2. The summed E-state index contributed by atoms with van der Waals surface area (Å²) in [7, 11) is 0. The second-order valence-corrected chi connectivity index (χ2v) is 11.1. The van der Waals surface area contributed by atoms with Crippen LogP contribution in [0.3, 0.4) is 0 Å². The average molecular weight is 543 g/mol. The number of nitrogens with zero attached hydrogens (tertiary/aromatic N) is 2. The smallest absolute Gasteiger partial charge is 0.238 e. The maximum Gasteiger partial charge on any atom is 0.238 e. The van der Waals surface area contributed by atoms with Gasteiger partial charge in [-0.25, -0.2) is 9.80 Å². The molecule has 2 unspecified atom stereocenters. The number of carbonyl (C=O) groups is 4. The Morgan fingerprint density at radius 2 is 1.11 bits per heavy atom. The molecule has 3 aromatic carbocycles. The number of allylic oxidation sites excluding steroid dienone is 2. The van der Waals surface area contributed by atoms with Crippen molar-refractivity contribution in [1.82, 2.24) is 0 Å². The molecule has 2 aliphatic heterocycles. The third kappa shape index (κ3) is 2.90. The summed E-state index contributed by atoms with van der Waals surface area (Å²) in [6, 6.07) is 22.5. The first-order valence-corrected chi connectivity index (χ1v) is 13.1. The SMILES string of the molecule is O=C1[C@@H]2C3C=CC(c4ccccc4)([C@@H]2C(=O)N1c1cccc(Cl)c1)[C@H]1C(=O)N(c2cccc(Cl)c2)C(=O)[C@@H]31. The second-order valence-electron chi connectivity index (χ2n) is 10.2. The molecule has 3 aliphatic carbocycles. The average Bonchev–Trinajstić information content (AvgIpc) is 3.36. The Labute approximate surface area is 228 Å². The Balaban J connectivity index is 1.43. The van der Waals surface area contributed by atoms with E-state index in [0.29, 0.717) is 21.4 Å². The summed E-state index contributed by atoms with van der Waals surface area (Å²) in [6.45, 7) is 0. The van der Waals surface area contributed by atoms with Crippen LogP contribution in [0, 0.1) is 29.6 Å². The van der Waals surface area contributed by atoms with Crippen LogP contribution >= 0.6 is 23.2 Å². The third-order valence-electron chi connectivity index (χ3n) is 8.56. The molecular weight excluding hydrogens is 523 g/mol. The first kappa shape index (κ1) is 23.4. The van der Waals surface area contributed by atoms with Gasteiger partial charge >= 0.3 is 0 Å². The predicted octanol–water partition coefficient (Wildman–Crippen LogP) is 5.04. The van der Waals surface area contributed by atoms with E-state index in [0.717, 1.165) is 5.56 Å². The van der Waals surface area contributed by atoms with E-state index in [1.165, 1.54) is 9.80 Å². The molecule has 188 valence electrons. The van der Waals surface area contributed by atoms with Gasteiger partial charge in [0.1, 0.15) is 0 Å². The van der Waals surface area contributed by atoms with Crippen molar-refractivity contribution in [2.75, 3.05) is 9.80 Å². The van der Waals surface area contributed by atoms with Crippen LogP contribution in [-0.4, -0.2) is 23.6 Å². The molecule has 6 nitrogen and oxygen atoms in total. The molecule has 2 saturated heterocycles. The first-order chi connectivity index (χ1) is 18.3. The Bertz CT molecular complexity index is 1500. The highest BCUT2D eigenvalue weighted by Gasteiger charge is 2.75. The summed E-state index contributed by atoms with van der Waals surface area (Å²) in [4.78, 5) is 58.8. The van der Waals surface area contributed by atoms with Gasteiger partial charge in [0.25, 0.3) is 0 Å². The monoisotopic (exact) mass is 542 g/mol. The summed E-state index contributed by atoms with van der Waals surface area (Å²) < 4.78 is 0. The van der Waals surface area contributed by atoms with Crippen LogP contribution in [0.2, 0.25) is 10.0 Å². The van der Waals surface area contributed by atoms with Crippen LogP contribution in [0.25, 0.3) is 0 Å². The van der Waals surface area contributed by atoms with E-state index in [1.54, 1.807) is 48.5 Å². The molecule has 2 bridgehead atoms. The van der Waals surface area contributed by atoms with E-state index in [1.807, 2.05) is 42.5 Å². The van der Waals surface area contributed by atoms with Gasteiger partial charge in [-0.2, -0.15) is 0 Å². The molecule has 2 heterocycles. The summed E-state index contributed by atoms with van der Waals surface area (Å²) in [5.74, 6) is -5.40. The summed E-state index contributed by atoms with van der Waals surface area (Å²) >= 11 is 12.4. The summed E-state index contributed by atoms with van der Waals surface area (Å²) in [6.07, 6.45) is 3.77. The Morgan fingerprint density at radius 1 is 0.605 bits per heavy atom. The molecule has 38 heavy (non-hydrogen) atoms. The van der Waals surface area contributed by atoms with Crippen molar-refractivity contribution in [3.05, 3.63) is 107 Å². The second kappa shape index (κ2) is 8.13. The number of hydrogen-bond acceptors (Lipinski definition) is 4. The lowest BCUT2D eigenvalue weighted by molar-refractivity contribution is -0.140. The third-order valence-corrected chi connectivity index (χ3v) is 9.03. The minimum atomic E-state index is -1.18. The van der Waals surface area contributed by atoms with Crippen molar-refractivity contribution in [2.24, 2.45) is 29.6 Å². The molecule has 1 saturated carbocycles. The number of halogens is 2. The zero-order valence-electron chi connectivity index (χ0n) is 19.8. The lowest BCUT2D eigenvalue weighted by Gasteiger charge is -2.53. The highest BCUT2D eigenvalue weighted by Crippen LogP contribution is 2.65. The van der Waals surface area contributed by atoms with Crippen molar-refractivity contribution in [3.63, 3.8) is 0 Å². The van der Waals surface area contributed by atoms with Gasteiger partial charge in [-0.3, -0.25) is 19.2 Å². The number of rotatable bonds is 3. The van der Waals surface area contributed by atoms with Crippen LogP contribution < -0.4 is 9.80 Å². The zero-order chi connectivity index (χ0) is 26.3. The maximum absolute atomic E-state index is 14.2. The van der Waals surface area contributed by atoms with Gasteiger partial charge in [0.2, 0.25) is 23.6 Å². The zero-order valence-corrected chi connectivity index (χ0v) is 21.3. The first-order valence-electron chi connectivity index (χ1n) is 12.4. The molecule has 8 rings (SSSR count). The number of amides is 4. The van der Waals surface area contributed by atoms with E-state index in [-0.39, 0.29) is 23.6 Å². The molecule has 8 heteroatoms. The van der Waals surface area contributed by atoms with Crippen molar-refractivity contribution < 1.29 is 19.2 Å². The molecular formula is C30H20Cl2N2O4. The summed E-state index contributed by atoms with van der Waals surface area (Å²) in [5.41, 5.74) is 0.314. The van der Waals surface area contributed by atoms with Gasteiger partial charge in [0, 0.05) is 21.4 Å². The minimum absolute atomic E-state index is 0.378. The topological polar surface area (TPSA) is 74.8 Å². The van der Waals surface area contributed by atoms with Gasteiger partial charge in [-0.05, 0) is 42.0 Å². The standard InChI is InChI=1S/C30H20Cl2N2O4/c31-17-8-4-10-19(14-17)33-26(35)22-21-12-13-30(24(22)28(33)37,16-6-2-1-3-7-16)25-23(21)27(36)34(29(25)38)20-11-5-9-18(32)15-20/h1-15,21-25H/t21?,22-,23+,24+,25-,30?. The molecule has 3 aromatic rings. The van der Waals surface area contributed by atoms with E-state index in [2.05, 4.69) is 0 Å². The summed E-state index contributed by atoms with van der Waals surface area (Å²) in [5, 5.41) is 0.799. The molecule has 3 fully saturated rings. The predicted molar refractivity (Wildman–Crippen MR) is 143 cm³/mol. The lowest BCUT2D eigenvalue weighted by atomic mass is 9.45. The largest absolute Gasteiger partial charge is 0.274 e. The van der Waals surface area contributed by atoms with Gasteiger partial charge in [0.05, 0.1) is 35.0 Å². The highest BCUT2D eigenvalue weighted by molar-refractivity contribution is 6.32. The molecule has 5 aliphatic rings. The fourth-order valence-electron chi connectivity index (χ4n) is 7.22.